The van der Waals surface area contributed by atoms with Crippen LogP contribution in [0.5, 0.6) is 0 Å². The number of allylic oxidation sites excluding steroid dienone is 4. The second kappa shape index (κ2) is 11.3. The minimum Gasteiger partial charge on any atom is -0.394 e. The molecule has 2 heteroatoms. The van der Waals surface area contributed by atoms with Crippen molar-refractivity contribution in [3.05, 3.63) is 112 Å². The van der Waals surface area contributed by atoms with E-state index in [1.807, 2.05) is 33.2 Å². The summed E-state index contributed by atoms with van der Waals surface area (Å²) in [6, 6.07) is 10.1. The first-order valence-corrected chi connectivity index (χ1v) is 10.2. The summed E-state index contributed by atoms with van der Waals surface area (Å²) in [6.45, 7) is 24.1. The molecule has 0 aliphatic heterocycles. The van der Waals surface area contributed by atoms with Gasteiger partial charge in [-0.15, -0.1) is 0 Å². The third-order valence-corrected chi connectivity index (χ3v) is 5.31. The average Bonchev–Trinajstić information content (AvgIpc) is 2.68. The molecule has 2 rings (SSSR count). The maximum atomic E-state index is 13.0. The summed E-state index contributed by atoms with van der Waals surface area (Å²) in [4.78, 5) is 0. The van der Waals surface area contributed by atoms with Crippen molar-refractivity contribution in [2.24, 2.45) is 0 Å². The fraction of sp³-hybridized carbons (Fsp3) is 0.286. The molecule has 0 heterocycles. The van der Waals surface area contributed by atoms with E-state index in [4.69, 9.17) is 0 Å². The van der Waals surface area contributed by atoms with E-state index in [1.54, 1.807) is 19.9 Å². The summed E-state index contributed by atoms with van der Waals surface area (Å²) in [6.07, 6.45) is 2.76. The minimum atomic E-state index is -0.0694. The highest BCUT2D eigenvalue weighted by atomic mass is 19.1. The van der Waals surface area contributed by atoms with Crippen LogP contribution in [0.3, 0.4) is 0 Å². The Hall–Kier alpha value is -2.87. The first-order chi connectivity index (χ1) is 14.0. The molecule has 0 aromatic heterocycles. The third kappa shape index (κ3) is 6.59. The predicted molar refractivity (Wildman–Crippen MR) is 131 cm³/mol. The monoisotopic (exact) mass is 405 g/mol. The van der Waals surface area contributed by atoms with Gasteiger partial charge in [0.05, 0.1) is 0 Å². The Labute approximate surface area is 182 Å². The van der Waals surface area contributed by atoms with Crippen molar-refractivity contribution >= 4 is 5.57 Å². The van der Waals surface area contributed by atoms with Gasteiger partial charge in [0.15, 0.2) is 0 Å². The van der Waals surface area contributed by atoms with Crippen LogP contribution in [0.2, 0.25) is 0 Å². The fourth-order valence-electron chi connectivity index (χ4n) is 3.30. The Balaban J connectivity index is 0.000000375. The van der Waals surface area contributed by atoms with Gasteiger partial charge in [0.1, 0.15) is 5.82 Å². The van der Waals surface area contributed by atoms with E-state index in [1.165, 1.54) is 16.7 Å². The lowest BCUT2D eigenvalue weighted by atomic mass is 9.89. The highest BCUT2D eigenvalue weighted by Crippen LogP contribution is 2.30. The number of hydrogen-bond donors (Lipinski definition) is 1. The maximum absolute atomic E-state index is 13.0. The summed E-state index contributed by atoms with van der Waals surface area (Å²) in [5.74, 6) is -0.0694. The van der Waals surface area contributed by atoms with Crippen LogP contribution in [0.1, 0.15) is 46.7 Å². The molecular formula is C28H36FN. The Bertz CT molecular complexity index is 929. The van der Waals surface area contributed by atoms with Gasteiger partial charge in [0.2, 0.25) is 0 Å². The molecule has 2 aromatic carbocycles. The van der Waals surface area contributed by atoms with E-state index in [-0.39, 0.29) is 5.82 Å². The molecule has 0 radical (unpaired) electrons. The van der Waals surface area contributed by atoms with Crippen LogP contribution in [0.25, 0.3) is 5.57 Å². The van der Waals surface area contributed by atoms with E-state index in [0.717, 1.165) is 45.4 Å². The van der Waals surface area contributed by atoms with Gasteiger partial charge in [-0.3, -0.25) is 0 Å². The molecule has 0 aliphatic rings. The van der Waals surface area contributed by atoms with Crippen molar-refractivity contribution in [2.75, 3.05) is 7.05 Å². The zero-order chi connectivity index (χ0) is 23.0. The lowest BCUT2D eigenvalue weighted by Crippen LogP contribution is -2.01. The molecule has 0 fully saturated rings. The summed E-state index contributed by atoms with van der Waals surface area (Å²) in [7, 11) is 1.90. The van der Waals surface area contributed by atoms with Gasteiger partial charge in [0, 0.05) is 13.2 Å². The first-order valence-electron chi connectivity index (χ1n) is 10.2. The summed E-state index contributed by atoms with van der Waals surface area (Å²) >= 11 is 0. The van der Waals surface area contributed by atoms with Gasteiger partial charge in [-0.1, -0.05) is 55.6 Å². The topological polar surface area (TPSA) is 12.0 Å². The number of aryl methyl sites for hydroxylation is 4. The van der Waals surface area contributed by atoms with Gasteiger partial charge >= 0.3 is 0 Å². The molecule has 30 heavy (non-hydrogen) atoms. The van der Waals surface area contributed by atoms with Crippen LogP contribution in [0.4, 0.5) is 4.39 Å². The van der Waals surface area contributed by atoms with E-state index < -0.39 is 0 Å². The molecule has 160 valence electrons. The van der Waals surface area contributed by atoms with Crippen molar-refractivity contribution in [1.29, 1.82) is 0 Å². The molecule has 0 aliphatic carbocycles. The standard InChI is InChI=1S/C19H25N.C9H11F/c1-13(2)17(6)18(12-20-7)11-16(5)19-14(3)9-8-10-15(19)4;1-6-4-5-7(2)9(10)8(6)3/h8-10,12,20H,1,5-6,11H2,2-4,7H3;4-5H,1-3H3/b18-12-;. The van der Waals surface area contributed by atoms with Gasteiger partial charge in [0.25, 0.3) is 0 Å². The molecule has 0 saturated heterocycles. The molecule has 0 unspecified atom stereocenters. The normalized spacial score (nSPS) is 10.7. The minimum absolute atomic E-state index is 0.0694. The quantitative estimate of drug-likeness (QED) is 0.486. The zero-order valence-electron chi connectivity index (χ0n) is 19.7. The first kappa shape index (κ1) is 25.2. The van der Waals surface area contributed by atoms with Crippen LogP contribution in [-0.2, 0) is 0 Å². The predicted octanol–water partition coefficient (Wildman–Crippen LogP) is 7.69. The second-order valence-electron chi connectivity index (χ2n) is 7.90. The van der Waals surface area contributed by atoms with E-state index >= 15 is 0 Å². The van der Waals surface area contributed by atoms with Gasteiger partial charge < -0.3 is 5.32 Å². The van der Waals surface area contributed by atoms with Gasteiger partial charge in [-0.2, -0.15) is 0 Å². The number of rotatable bonds is 6. The molecule has 0 atom stereocenters. The van der Waals surface area contributed by atoms with Crippen molar-refractivity contribution in [3.8, 4) is 0 Å². The summed E-state index contributed by atoms with van der Waals surface area (Å²) in [5, 5.41) is 3.08. The van der Waals surface area contributed by atoms with Crippen LogP contribution in [-0.4, -0.2) is 7.05 Å². The van der Waals surface area contributed by atoms with Crippen LogP contribution < -0.4 is 5.32 Å². The van der Waals surface area contributed by atoms with E-state index in [9.17, 15) is 4.39 Å². The van der Waals surface area contributed by atoms with Crippen molar-refractivity contribution < 1.29 is 4.39 Å². The molecule has 0 bridgehead atoms. The molecule has 1 N–H and O–H groups in total. The molecule has 0 saturated carbocycles. The molecule has 1 nitrogen and oxygen atoms in total. The number of nitrogens with one attached hydrogen (secondary N) is 1. The Kier molecular flexibility index (Phi) is 9.52. The Morgan fingerprint density at radius 1 is 0.900 bits per heavy atom. The van der Waals surface area contributed by atoms with Crippen molar-refractivity contribution in [2.45, 2.75) is 48.0 Å². The molecule has 2 aromatic rings. The lowest BCUT2D eigenvalue weighted by molar-refractivity contribution is 0.607. The Morgan fingerprint density at radius 3 is 1.90 bits per heavy atom. The number of halogens is 1. The smallest absolute Gasteiger partial charge is 0.129 e. The van der Waals surface area contributed by atoms with Crippen molar-refractivity contribution in [1.82, 2.24) is 5.32 Å². The van der Waals surface area contributed by atoms with Crippen LogP contribution in [0, 0.1) is 40.4 Å². The molecular weight excluding hydrogens is 369 g/mol. The lowest BCUT2D eigenvalue weighted by Gasteiger charge is -2.16. The largest absolute Gasteiger partial charge is 0.394 e. The summed E-state index contributed by atoms with van der Waals surface area (Å²) in [5.41, 5.74) is 10.5. The highest BCUT2D eigenvalue weighted by Gasteiger charge is 2.11. The zero-order valence-corrected chi connectivity index (χ0v) is 19.7. The SMILES string of the molecule is C=C(C)C(=C)/C(=C\NC)CC(=C)c1c(C)cccc1C.Cc1ccc(C)c(F)c1C. The van der Waals surface area contributed by atoms with E-state index in [0.29, 0.717) is 0 Å². The molecule has 0 amide bonds. The van der Waals surface area contributed by atoms with E-state index in [2.05, 4.69) is 57.1 Å². The third-order valence-electron chi connectivity index (χ3n) is 5.31. The second-order valence-corrected chi connectivity index (χ2v) is 7.90. The highest BCUT2D eigenvalue weighted by molar-refractivity contribution is 5.72. The number of hydrogen-bond acceptors (Lipinski definition) is 1. The summed E-state index contributed by atoms with van der Waals surface area (Å²) < 4.78 is 13.0. The van der Waals surface area contributed by atoms with Gasteiger partial charge in [-0.25, -0.2) is 4.39 Å². The van der Waals surface area contributed by atoms with Crippen molar-refractivity contribution in [3.63, 3.8) is 0 Å². The van der Waals surface area contributed by atoms with Crippen LogP contribution >= 0.6 is 0 Å². The van der Waals surface area contributed by atoms with Gasteiger partial charge in [-0.05, 0) is 98.1 Å². The van der Waals surface area contributed by atoms with Crippen LogP contribution in [0.15, 0.2) is 73.0 Å². The average molecular weight is 406 g/mol. The fourth-order valence-corrected chi connectivity index (χ4v) is 3.30. The molecule has 0 spiro atoms. The number of benzene rings is 2. The Morgan fingerprint density at radius 2 is 1.43 bits per heavy atom. The maximum Gasteiger partial charge on any atom is 0.129 e.